The van der Waals surface area contributed by atoms with E-state index in [1.807, 2.05) is 0 Å². The normalized spacial score (nSPS) is 14.3. The molecule has 0 spiro atoms. The number of pyridine rings is 1. The van der Waals surface area contributed by atoms with Crippen LogP contribution in [-0.2, 0) is 9.53 Å². The lowest BCUT2D eigenvalue weighted by atomic mass is 9.85. The smallest absolute Gasteiger partial charge is 0.306 e. The molecule has 0 bridgehead atoms. The van der Waals surface area contributed by atoms with Crippen molar-refractivity contribution < 1.29 is 28.9 Å². The van der Waals surface area contributed by atoms with Crippen molar-refractivity contribution in [3.63, 3.8) is 0 Å². The first-order valence-corrected chi connectivity index (χ1v) is 9.79. The zero-order valence-corrected chi connectivity index (χ0v) is 16.9. The van der Waals surface area contributed by atoms with Gasteiger partial charge in [0.05, 0.1) is 13.5 Å². The van der Waals surface area contributed by atoms with Gasteiger partial charge in [0, 0.05) is 40.9 Å². The molecule has 1 atom stereocenters. The number of aromatic hydroxyl groups is 2. The summed E-state index contributed by atoms with van der Waals surface area (Å²) in [4.78, 5) is 29.4. The fraction of sp³-hybridized carbons (Fsp3) is 0.125. The molecule has 0 saturated carbocycles. The molecule has 1 unspecified atom stereocenters. The van der Waals surface area contributed by atoms with Crippen molar-refractivity contribution in [2.45, 2.75) is 12.3 Å². The Morgan fingerprint density at radius 3 is 2.69 bits per heavy atom. The van der Waals surface area contributed by atoms with Crippen molar-refractivity contribution in [2.75, 3.05) is 7.11 Å². The second-order valence-electron chi connectivity index (χ2n) is 7.37. The summed E-state index contributed by atoms with van der Waals surface area (Å²) in [6.45, 7) is 0. The molecule has 4 aromatic rings. The van der Waals surface area contributed by atoms with Crippen molar-refractivity contribution in [3.8, 4) is 34.5 Å². The number of phenolic OH excluding ortho intramolecular Hbond substituents is 2. The molecule has 0 aliphatic carbocycles. The van der Waals surface area contributed by atoms with Crippen LogP contribution in [0.25, 0.3) is 22.3 Å². The molecule has 2 aromatic heterocycles. The molecule has 2 aromatic carbocycles. The van der Waals surface area contributed by atoms with Crippen molar-refractivity contribution in [1.29, 1.82) is 0 Å². The minimum absolute atomic E-state index is 0.0166. The highest BCUT2D eigenvalue weighted by molar-refractivity contribution is 5.91. The van der Waals surface area contributed by atoms with E-state index < -0.39 is 17.3 Å². The summed E-state index contributed by atoms with van der Waals surface area (Å²) >= 11 is 0. The Morgan fingerprint density at radius 1 is 1.16 bits per heavy atom. The number of phenols is 2. The van der Waals surface area contributed by atoms with Crippen LogP contribution in [-0.4, -0.2) is 28.3 Å². The molecule has 0 amide bonds. The van der Waals surface area contributed by atoms with E-state index in [0.29, 0.717) is 22.6 Å². The van der Waals surface area contributed by atoms with Crippen molar-refractivity contribution >= 4 is 16.9 Å². The number of aromatic nitrogens is 1. The van der Waals surface area contributed by atoms with E-state index in [2.05, 4.69) is 4.98 Å². The molecule has 0 radical (unpaired) electrons. The maximum absolute atomic E-state index is 13.0. The van der Waals surface area contributed by atoms with Crippen LogP contribution in [0.5, 0.6) is 23.1 Å². The number of nitrogens with zero attached hydrogens (tertiary/aromatic N) is 1. The number of rotatable bonds is 3. The van der Waals surface area contributed by atoms with Crippen LogP contribution in [0, 0.1) is 0 Å². The van der Waals surface area contributed by atoms with Gasteiger partial charge in [-0.2, -0.15) is 0 Å². The molecule has 160 valence electrons. The Kier molecular flexibility index (Phi) is 4.55. The lowest BCUT2D eigenvalue weighted by Crippen LogP contribution is -2.17. The van der Waals surface area contributed by atoms with Gasteiger partial charge in [-0.05, 0) is 30.3 Å². The number of carbonyl (C=O) groups is 1. The molecule has 8 nitrogen and oxygen atoms in total. The van der Waals surface area contributed by atoms with E-state index in [9.17, 15) is 19.8 Å². The van der Waals surface area contributed by atoms with Crippen LogP contribution in [0.1, 0.15) is 23.5 Å². The monoisotopic (exact) mass is 431 g/mol. The van der Waals surface area contributed by atoms with Crippen LogP contribution in [0.15, 0.2) is 63.9 Å². The number of carbonyl (C=O) groups excluding carboxylic acids is 1. The summed E-state index contributed by atoms with van der Waals surface area (Å²) < 4.78 is 16.9. The van der Waals surface area contributed by atoms with Gasteiger partial charge in [0.2, 0.25) is 5.88 Å². The number of hydrogen-bond donors (Lipinski definition) is 2. The molecule has 2 N–H and O–H groups in total. The predicted molar refractivity (Wildman–Crippen MR) is 114 cm³/mol. The summed E-state index contributed by atoms with van der Waals surface area (Å²) in [6, 6.07) is 12.3. The highest BCUT2D eigenvalue weighted by Crippen LogP contribution is 2.49. The lowest BCUT2D eigenvalue weighted by Gasteiger charge is -2.27. The molecule has 0 fully saturated rings. The van der Waals surface area contributed by atoms with Crippen LogP contribution in [0.3, 0.4) is 0 Å². The first-order chi connectivity index (χ1) is 15.5. The maximum atomic E-state index is 13.0. The van der Waals surface area contributed by atoms with Gasteiger partial charge in [0.1, 0.15) is 34.0 Å². The second-order valence-corrected chi connectivity index (χ2v) is 7.37. The van der Waals surface area contributed by atoms with Crippen molar-refractivity contribution in [1.82, 2.24) is 4.98 Å². The third kappa shape index (κ3) is 3.13. The molecule has 32 heavy (non-hydrogen) atoms. The van der Waals surface area contributed by atoms with E-state index >= 15 is 0 Å². The number of hydrogen-bond acceptors (Lipinski definition) is 8. The van der Waals surface area contributed by atoms with Gasteiger partial charge in [-0.15, -0.1) is 0 Å². The van der Waals surface area contributed by atoms with Gasteiger partial charge in [0.25, 0.3) is 0 Å². The average molecular weight is 431 g/mol. The molecular formula is C24H17NO7. The standard InChI is InChI=1S/C24H17NO7/c1-30-20(29)9-15-14-3-2-8-25-24(14)32-19-11-17(28)22-16(27)10-18(31-23(22)21(15)19)12-4-6-13(26)7-5-12/h2-8,10-11,15,26,28H,9H2,1H3. The number of methoxy groups -OCH3 is 1. The highest BCUT2D eigenvalue weighted by Gasteiger charge is 2.34. The largest absolute Gasteiger partial charge is 0.508 e. The van der Waals surface area contributed by atoms with Gasteiger partial charge in [-0.25, -0.2) is 4.98 Å². The van der Waals surface area contributed by atoms with E-state index in [0.717, 1.165) is 0 Å². The van der Waals surface area contributed by atoms with Crippen LogP contribution >= 0.6 is 0 Å². The number of benzene rings is 2. The molecule has 1 aliphatic heterocycles. The highest BCUT2D eigenvalue weighted by atomic mass is 16.5. The van der Waals surface area contributed by atoms with Crippen LogP contribution in [0.2, 0.25) is 0 Å². The van der Waals surface area contributed by atoms with Gasteiger partial charge in [-0.3, -0.25) is 9.59 Å². The number of esters is 1. The Hall–Kier alpha value is -4.33. The van der Waals surface area contributed by atoms with E-state index in [1.54, 1.807) is 30.5 Å². The van der Waals surface area contributed by atoms with Crippen molar-refractivity contribution in [2.24, 2.45) is 0 Å². The number of fused-ring (bicyclic) bond motifs is 4. The summed E-state index contributed by atoms with van der Waals surface area (Å²) in [5.41, 5.74) is 1.29. The zero-order valence-electron chi connectivity index (χ0n) is 16.9. The molecular weight excluding hydrogens is 414 g/mol. The first kappa shape index (κ1) is 19.6. The number of ether oxygens (including phenoxy) is 2. The van der Waals surface area contributed by atoms with Crippen molar-refractivity contribution in [3.05, 3.63) is 76.1 Å². The predicted octanol–water partition coefficient (Wildman–Crippen LogP) is 4.07. The SMILES string of the molecule is COC(=O)CC1c2cccnc2Oc2cc(O)c3c(=O)cc(-c4ccc(O)cc4)oc3c21. The topological polar surface area (TPSA) is 119 Å². The summed E-state index contributed by atoms with van der Waals surface area (Å²) in [6.07, 6.45) is 1.52. The third-order valence-electron chi connectivity index (χ3n) is 5.46. The minimum Gasteiger partial charge on any atom is -0.508 e. The van der Waals surface area contributed by atoms with E-state index in [1.165, 1.54) is 31.4 Å². The Balaban J connectivity index is 1.81. The summed E-state index contributed by atoms with van der Waals surface area (Å²) in [7, 11) is 1.30. The Labute approximate surface area is 181 Å². The Bertz CT molecular complexity index is 1420. The van der Waals surface area contributed by atoms with E-state index in [4.69, 9.17) is 13.9 Å². The maximum Gasteiger partial charge on any atom is 0.306 e. The summed E-state index contributed by atoms with van der Waals surface area (Å²) in [5, 5.41) is 20.1. The zero-order chi connectivity index (χ0) is 22.4. The van der Waals surface area contributed by atoms with E-state index in [-0.39, 0.29) is 40.4 Å². The molecule has 3 heterocycles. The van der Waals surface area contributed by atoms with Crippen LogP contribution < -0.4 is 10.2 Å². The Morgan fingerprint density at radius 2 is 1.94 bits per heavy atom. The summed E-state index contributed by atoms with van der Waals surface area (Å²) in [5.74, 6) is -0.495. The van der Waals surface area contributed by atoms with Gasteiger partial charge in [0.15, 0.2) is 5.43 Å². The van der Waals surface area contributed by atoms with Gasteiger partial charge in [-0.1, -0.05) is 6.07 Å². The third-order valence-corrected chi connectivity index (χ3v) is 5.46. The fourth-order valence-corrected chi connectivity index (χ4v) is 3.97. The lowest BCUT2D eigenvalue weighted by molar-refractivity contribution is -0.140. The molecule has 8 heteroatoms. The van der Waals surface area contributed by atoms with Gasteiger partial charge >= 0.3 is 5.97 Å². The fourth-order valence-electron chi connectivity index (χ4n) is 3.97. The molecule has 5 rings (SSSR count). The minimum atomic E-state index is -0.573. The second kappa shape index (κ2) is 7.42. The van der Waals surface area contributed by atoms with Crippen LogP contribution in [0.4, 0.5) is 0 Å². The molecule has 0 saturated heterocycles. The average Bonchev–Trinajstić information content (AvgIpc) is 2.78. The van der Waals surface area contributed by atoms with Gasteiger partial charge < -0.3 is 24.1 Å². The quantitative estimate of drug-likeness (QED) is 0.466. The first-order valence-electron chi connectivity index (χ1n) is 9.79. The molecule has 1 aliphatic rings.